The summed E-state index contributed by atoms with van der Waals surface area (Å²) in [7, 11) is 0. The molecule has 3 aromatic carbocycles. The third-order valence-electron chi connectivity index (χ3n) is 7.56. The van der Waals surface area contributed by atoms with E-state index in [2.05, 4.69) is 0 Å². The molecule has 8 nitrogen and oxygen atoms in total. The van der Waals surface area contributed by atoms with Gasteiger partial charge < -0.3 is 9.47 Å². The molecule has 2 heterocycles. The van der Waals surface area contributed by atoms with E-state index in [1.165, 1.54) is 36.4 Å². The summed E-state index contributed by atoms with van der Waals surface area (Å²) >= 11 is 0. The van der Waals surface area contributed by atoms with Crippen molar-refractivity contribution in [2.75, 3.05) is 11.5 Å². The summed E-state index contributed by atoms with van der Waals surface area (Å²) in [6.07, 6.45) is -0.983. The van der Waals surface area contributed by atoms with Gasteiger partial charge in [0.25, 0.3) is 0 Å². The molecular formula is C30H23NO7. The lowest BCUT2D eigenvalue weighted by atomic mass is 9.77. The number of rotatable bonds is 4. The molecule has 0 unspecified atom stereocenters. The molecule has 3 atom stereocenters. The van der Waals surface area contributed by atoms with Gasteiger partial charge in [0.15, 0.2) is 0 Å². The number of ether oxygens (including phenoxy) is 2. The Morgan fingerprint density at radius 3 is 2.05 bits per heavy atom. The van der Waals surface area contributed by atoms with Crippen molar-refractivity contribution in [1.29, 1.82) is 0 Å². The van der Waals surface area contributed by atoms with Crippen LogP contribution in [0.4, 0.5) is 5.69 Å². The van der Waals surface area contributed by atoms with E-state index in [9.17, 15) is 24.0 Å². The maximum atomic E-state index is 14.0. The normalized spacial score (nSPS) is 23.2. The molecular weight excluding hydrogens is 486 g/mol. The Bertz CT molecular complexity index is 1490. The van der Waals surface area contributed by atoms with Crippen molar-refractivity contribution in [1.82, 2.24) is 0 Å². The lowest BCUT2D eigenvalue weighted by Gasteiger charge is -2.27. The summed E-state index contributed by atoms with van der Waals surface area (Å²) in [5, 5.41) is 0. The molecule has 6 rings (SSSR count). The Balaban J connectivity index is 1.46. The van der Waals surface area contributed by atoms with Gasteiger partial charge in [-0.1, -0.05) is 54.1 Å². The molecule has 0 radical (unpaired) electrons. The van der Waals surface area contributed by atoms with Crippen molar-refractivity contribution in [3.8, 4) is 0 Å². The maximum Gasteiger partial charge on any atom is 0.338 e. The number of nitrogens with zero attached hydrogens (tertiary/aromatic N) is 1. The Morgan fingerprint density at radius 2 is 1.47 bits per heavy atom. The van der Waals surface area contributed by atoms with E-state index in [4.69, 9.17) is 9.47 Å². The second kappa shape index (κ2) is 8.56. The second-order valence-electron chi connectivity index (χ2n) is 9.67. The van der Waals surface area contributed by atoms with Gasteiger partial charge in [0.1, 0.15) is 0 Å². The zero-order valence-electron chi connectivity index (χ0n) is 20.7. The van der Waals surface area contributed by atoms with E-state index in [-0.39, 0.29) is 29.0 Å². The minimum atomic E-state index is -2.13. The molecule has 0 N–H and O–H groups in total. The van der Waals surface area contributed by atoms with Crippen LogP contribution in [-0.4, -0.2) is 41.6 Å². The zero-order chi connectivity index (χ0) is 26.8. The van der Waals surface area contributed by atoms with Crippen LogP contribution in [0.1, 0.15) is 55.2 Å². The van der Waals surface area contributed by atoms with Crippen LogP contribution in [0.3, 0.4) is 0 Å². The van der Waals surface area contributed by atoms with E-state index in [1.54, 1.807) is 31.2 Å². The summed E-state index contributed by atoms with van der Waals surface area (Å²) in [5.41, 5.74) is 0.308. The molecule has 38 heavy (non-hydrogen) atoms. The monoisotopic (exact) mass is 509 g/mol. The van der Waals surface area contributed by atoms with Gasteiger partial charge in [0, 0.05) is 11.1 Å². The first-order valence-electron chi connectivity index (χ1n) is 12.4. The minimum Gasteiger partial charge on any atom is -0.462 e. The third kappa shape index (κ3) is 3.16. The highest BCUT2D eigenvalue weighted by Crippen LogP contribution is 2.57. The van der Waals surface area contributed by atoms with Crippen LogP contribution in [0.5, 0.6) is 0 Å². The number of Topliss-reactive ketones (excluding diaryl/α,β-unsaturated/α-hetero) is 2. The molecule has 2 aliphatic heterocycles. The lowest BCUT2D eigenvalue weighted by molar-refractivity contribution is -0.127. The van der Waals surface area contributed by atoms with Crippen molar-refractivity contribution in [3.63, 3.8) is 0 Å². The summed E-state index contributed by atoms with van der Waals surface area (Å²) in [6.45, 7) is 3.81. The maximum absolute atomic E-state index is 14.0. The van der Waals surface area contributed by atoms with Crippen LogP contribution in [0.15, 0.2) is 72.8 Å². The van der Waals surface area contributed by atoms with E-state index in [0.717, 1.165) is 10.5 Å². The van der Waals surface area contributed by atoms with Gasteiger partial charge in [-0.3, -0.25) is 19.2 Å². The number of ketones is 2. The van der Waals surface area contributed by atoms with Gasteiger partial charge in [-0.05, 0) is 43.7 Å². The van der Waals surface area contributed by atoms with Crippen molar-refractivity contribution in [2.24, 2.45) is 11.8 Å². The van der Waals surface area contributed by atoms with Crippen LogP contribution in [-0.2, 0) is 19.1 Å². The summed E-state index contributed by atoms with van der Waals surface area (Å²) in [5.74, 6) is -5.42. The van der Waals surface area contributed by atoms with Crippen molar-refractivity contribution < 1.29 is 33.4 Å². The number of esters is 1. The van der Waals surface area contributed by atoms with Gasteiger partial charge >= 0.3 is 5.97 Å². The first-order valence-corrected chi connectivity index (χ1v) is 12.4. The topological polar surface area (TPSA) is 107 Å². The van der Waals surface area contributed by atoms with Crippen LogP contribution >= 0.6 is 0 Å². The van der Waals surface area contributed by atoms with E-state index < -0.39 is 52.9 Å². The highest BCUT2D eigenvalue weighted by atomic mass is 16.5. The number of hydrogen-bond donors (Lipinski definition) is 0. The Hall–Kier alpha value is -4.43. The van der Waals surface area contributed by atoms with E-state index in [0.29, 0.717) is 5.56 Å². The molecule has 0 bridgehead atoms. The lowest BCUT2D eigenvalue weighted by Crippen LogP contribution is -2.51. The average molecular weight is 510 g/mol. The molecule has 1 aliphatic carbocycles. The number of amides is 2. The zero-order valence-corrected chi connectivity index (χ0v) is 20.7. The van der Waals surface area contributed by atoms with Crippen LogP contribution in [0, 0.1) is 18.8 Å². The van der Waals surface area contributed by atoms with Gasteiger partial charge in [0.2, 0.25) is 29.0 Å². The Labute approximate surface area is 218 Å². The predicted molar refractivity (Wildman–Crippen MR) is 135 cm³/mol. The highest BCUT2D eigenvalue weighted by molar-refractivity contribution is 6.37. The second-order valence-corrected chi connectivity index (χ2v) is 9.67. The number of carbonyl (C=O) groups is 5. The predicted octanol–water partition coefficient (Wildman–Crippen LogP) is 3.87. The number of imide groups is 1. The number of carbonyl (C=O) groups excluding carboxylic acids is 5. The number of fused-ring (bicyclic) bond motifs is 3. The van der Waals surface area contributed by atoms with Crippen molar-refractivity contribution >= 4 is 35.0 Å². The third-order valence-corrected chi connectivity index (χ3v) is 7.56. The van der Waals surface area contributed by atoms with E-state index in [1.807, 2.05) is 19.1 Å². The van der Waals surface area contributed by atoms with Crippen molar-refractivity contribution in [3.05, 3.63) is 101 Å². The fourth-order valence-corrected chi connectivity index (χ4v) is 5.79. The number of aryl methyl sites for hydroxylation is 1. The highest BCUT2D eigenvalue weighted by Gasteiger charge is 2.74. The fraction of sp³-hybridized carbons (Fsp3) is 0.233. The average Bonchev–Trinajstić information content (AvgIpc) is 3.49. The minimum absolute atomic E-state index is 0.179. The number of benzene rings is 3. The van der Waals surface area contributed by atoms with Gasteiger partial charge in [-0.25, -0.2) is 9.69 Å². The molecule has 1 spiro atoms. The molecule has 2 amide bonds. The first kappa shape index (κ1) is 23.9. The SMILES string of the molecule is CCOC(=O)c1ccc(N2C(=O)[C@H]3[C@@H](C2=O)C2(O[C@H]3c3ccc(C)cc3)C(=O)c3ccccc3C2=O)cc1. The van der Waals surface area contributed by atoms with Gasteiger partial charge in [-0.15, -0.1) is 0 Å². The first-order chi connectivity index (χ1) is 18.3. The number of hydrogen-bond acceptors (Lipinski definition) is 7. The summed E-state index contributed by atoms with van der Waals surface area (Å²) < 4.78 is 11.3. The molecule has 3 aliphatic rings. The largest absolute Gasteiger partial charge is 0.462 e. The molecule has 3 aromatic rings. The number of anilines is 1. The standard InChI is InChI=1S/C30H23NO7/c1-3-37-29(36)18-12-14-19(15-13-18)31-27(34)22-23(28(31)35)30(38-24(22)17-10-8-16(2)9-11-17)25(32)20-6-4-5-7-21(20)26(30)33/h4-15,22-24H,3H2,1-2H3/t22-,23-,24-/m0/s1. The Morgan fingerprint density at radius 1 is 0.868 bits per heavy atom. The van der Waals surface area contributed by atoms with E-state index >= 15 is 0 Å². The molecule has 0 aromatic heterocycles. The van der Waals surface area contributed by atoms with Gasteiger partial charge in [-0.2, -0.15) is 0 Å². The quantitative estimate of drug-likeness (QED) is 0.299. The van der Waals surface area contributed by atoms with Crippen LogP contribution in [0.25, 0.3) is 0 Å². The Kier molecular flexibility index (Phi) is 5.39. The van der Waals surface area contributed by atoms with Gasteiger partial charge in [0.05, 0.1) is 35.8 Å². The molecule has 8 heteroatoms. The van der Waals surface area contributed by atoms with Crippen molar-refractivity contribution in [2.45, 2.75) is 25.6 Å². The molecule has 190 valence electrons. The fourth-order valence-electron chi connectivity index (χ4n) is 5.79. The molecule has 0 saturated carbocycles. The summed E-state index contributed by atoms with van der Waals surface area (Å²) in [4.78, 5) is 68.6. The van der Waals surface area contributed by atoms with Crippen LogP contribution < -0.4 is 4.90 Å². The summed E-state index contributed by atoms with van der Waals surface area (Å²) in [6, 6.07) is 19.5. The molecule has 2 saturated heterocycles. The molecule has 2 fully saturated rings. The van der Waals surface area contributed by atoms with Crippen LogP contribution in [0.2, 0.25) is 0 Å². The smallest absolute Gasteiger partial charge is 0.338 e.